The Hall–Kier alpha value is -2.09. The summed E-state index contributed by atoms with van der Waals surface area (Å²) in [4.78, 5) is 26.0. The zero-order chi connectivity index (χ0) is 27.9. The molecule has 1 aliphatic carbocycles. The molecule has 3 heterocycles. The Morgan fingerprint density at radius 2 is 1.82 bits per heavy atom. The molecule has 2 atom stereocenters. The van der Waals surface area contributed by atoms with E-state index < -0.39 is 11.4 Å². The van der Waals surface area contributed by atoms with Crippen molar-refractivity contribution in [2.24, 2.45) is 17.3 Å². The first-order valence-electron chi connectivity index (χ1n) is 14.3. The molecule has 1 aromatic carbocycles. The number of nitrogens with zero attached hydrogens (tertiary/aromatic N) is 4. The number of carboxylic acid groups (broad SMARTS) is 1. The van der Waals surface area contributed by atoms with E-state index in [4.69, 9.17) is 33.2 Å². The number of aryl methyl sites for hydroxylation is 2. The van der Waals surface area contributed by atoms with Crippen LogP contribution in [0.5, 0.6) is 0 Å². The Bertz CT molecular complexity index is 1210. The fourth-order valence-electron chi connectivity index (χ4n) is 6.79. The van der Waals surface area contributed by atoms with Gasteiger partial charge < -0.3 is 20.2 Å². The van der Waals surface area contributed by atoms with Gasteiger partial charge in [0.05, 0.1) is 17.2 Å². The minimum atomic E-state index is -0.647. The van der Waals surface area contributed by atoms with Gasteiger partial charge in [-0.25, -0.2) is 4.98 Å². The van der Waals surface area contributed by atoms with E-state index in [-0.39, 0.29) is 6.04 Å². The minimum absolute atomic E-state index is 0.0539. The summed E-state index contributed by atoms with van der Waals surface area (Å²) < 4.78 is 0. The molecule has 2 saturated heterocycles. The molecule has 0 radical (unpaired) electrons. The van der Waals surface area contributed by atoms with Gasteiger partial charge in [0.25, 0.3) is 0 Å². The van der Waals surface area contributed by atoms with E-state index in [9.17, 15) is 9.90 Å². The van der Waals surface area contributed by atoms with Crippen LogP contribution in [0, 0.1) is 31.1 Å². The number of hydrogen-bond donors (Lipinski definition) is 2. The summed E-state index contributed by atoms with van der Waals surface area (Å²) in [6.45, 7) is 12.0. The van der Waals surface area contributed by atoms with Crippen molar-refractivity contribution in [3.8, 4) is 0 Å². The minimum Gasteiger partial charge on any atom is -0.481 e. The van der Waals surface area contributed by atoms with Crippen LogP contribution >= 0.6 is 23.2 Å². The molecule has 3 aliphatic rings. The van der Waals surface area contributed by atoms with E-state index >= 15 is 0 Å². The molecular formula is C30H41Cl2N5O2. The van der Waals surface area contributed by atoms with Crippen molar-refractivity contribution in [1.29, 1.82) is 0 Å². The van der Waals surface area contributed by atoms with Gasteiger partial charge in [0.1, 0.15) is 5.02 Å². The van der Waals surface area contributed by atoms with Gasteiger partial charge in [0.2, 0.25) is 5.95 Å². The maximum Gasteiger partial charge on any atom is 0.309 e. The summed E-state index contributed by atoms with van der Waals surface area (Å²) >= 11 is 13.2. The van der Waals surface area contributed by atoms with Gasteiger partial charge in [-0.3, -0.25) is 4.79 Å². The SMILES string of the molecule is Cc1ccc([C@@H](C)Nc2nc(N3CCC([C@@H]4CCCN(C5CC(C)(C(=O)O)C5)C4)CC3)nc(C)c2Cl)c(Cl)c1. The third-order valence-corrected chi connectivity index (χ3v) is 10.1. The smallest absolute Gasteiger partial charge is 0.309 e. The van der Waals surface area contributed by atoms with Crippen molar-refractivity contribution in [3.63, 3.8) is 0 Å². The quantitative estimate of drug-likeness (QED) is 0.378. The second kappa shape index (κ2) is 11.4. The van der Waals surface area contributed by atoms with Gasteiger partial charge in [-0.2, -0.15) is 4.98 Å². The fourth-order valence-corrected chi connectivity index (χ4v) is 7.33. The number of anilines is 2. The summed E-state index contributed by atoms with van der Waals surface area (Å²) in [5.41, 5.74) is 2.37. The molecule has 1 aromatic heterocycles. The maximum atomic E-state index is 11.5. The van der Waals surface area contributed by atoms with E-state index in [1.165, 1.54) is 12.8 Å². The van der Waals surface area contributed by atoms with Crippen LogP contribution in [-0.4, -0.2) is 58.2 Å². The molecule has 0 amide bonds. The van der Waals surface area contributed by atoms with Crippen LogP contribution in [0.2, 0.25) is 10.0 Å². The van der Waals surface area contributed by atoms with Gasteiger partial charge >= 0.3 is 5.97 Å². The zero-order valence-electron chi connectivity index (χ0n) is 23.5. The Morgan fingerprint density at radius 1 is 1.10 bits per heavy atom. The van der Waals surface area contributed by atoms with E-state index in [2.05, 4.69) is 28.1 Å². The summed E-state index contributed by atoms with van der Waals surface area (Å²) in [5.74, 6) is 2.09. The molecule has 5 rings (SSSR count). The number of rotatable bonds is 7. The number of aliphatic carboxylic acids is 1. The number of nitrogens with one attached hydrogen (secondary N) is 1. The molecule has 0 bridgehead atoms. The van der Waals surface area contributed by atoms with E-state index in [0.717, 1.165) is 79.7 Å². The number of halogens is 2. The fraction of sp³-hybridized carbons (Fsp3) is 0.633. The number of hydrogen-bond acceptors (Lipinski definition) is 6. The average Bonchev–Trinajstić information content (AvgIpc) is 2.89. The molecule has 7 nitrogen and oxygen atoms in total. The molecule has 0 spiro atoms. The first kappa shape index (κ1) is 28.4. The molecule has 2 N–H and O–H groups in total. The Balaban J connectivity index is 1.20. The van der Waals surface area contributed by atoms with Crippen LogP contribution < -0.4 is 10.2 Å². The van der Waals surface area contributed by atoms with Gasteiger partial charge in [0.15, 0.2) is 5.82 Å². The van der Waals surface area contributed by atoms with Gasteiger partial charge in [-0.1, -0.05) is 35.3 Å². The highest BCUT2D eigenvalue weighted by Crippen LogP contribution is 2.45. The van der Waals surface area contributed by atoms with Crippen LogP contribution in [0.3, 0.4) is 0 Å². The standard InChI is InChI=1S/C30H41Cl2N5O2/c1-18-7-8-24(25(31)14-18)19(2)33-27-26(32)20(3)34-29(35-27)36-12-9-21(10-13-36)22-6-5-11-37(17-22)23-15-30(4,16-23)28(38)39/h7-8,14,19,21-23H,5-6,9-13,15-17H2,1-4H3,(H,38,39)(H,33,34,35)/t19-,22-,23?,30?/m1/s1. The molecule has 2 aromatic rings. The molecular weight excluding hydrogens is 533 g/mol. The van der Waals surface area contributed by atoms with Gasteiger partial charge in [0, 0.05) is 30.7 Å². The third-order valence-electron chi connectivity index (χ3n) is 9.36. The first-order chi connectivity index (χ1) is 18.5. The molecule has 2 aliphatic heterocycles. The topological polar surface area (TPSA) is 81.6 Å². The first-order valence-corrected chi connectivity index (χ1v) is 15.1. The highest BCUT2D eigenvalue weighted by atomic mass is 35.5. The Morgan fingerprint density at radius 3 is 2.49 bits per heavy atom. The van der Waals surface area contributed by atoms with Crippen LogP contribution in [0.1, 0.15) is 75.2 Å². The summed E-state index contributed by atoms with van der Waals surface area (Å²) in [6.07, 6.45) is 6.30. The van der Waals surface area contributed by atoms with Crippen molar-refractivity contribution in [3.05, 3.63) is 45.1 Å². The van der Waals surface area contributed by atoms with Crippen LogP contribution in [0.25, 0.3) is 0 Å². The van der Waals surface area contributed by atoms with E-state index in [1.54, 1.807) is 0 Å². The van der Waals surface area contributed by atoms with Gasteiger partial charge in [-0.05, 0) is 102 Å². The molecule has 3 fully saturated rings. The van der Waals surface area contributed by atoms with E-state index in [0.29, 0.717) is 28.7 Å². The Kier molecular flexibility index (Phi) is 8.33. The number of carbonyl (C=O) groups is 1. The monoisotopic (exact) mass is 573 g/mol. The predicted octanol–water partition coefficient (Wildman–Crippen LogP) is 6.76. The second-order valence-electron chi connectivity index (χ2n) is 12.3. The molecule has 0 unspecified atom stereocenters. The normalized spacial score (nSPS) is 27.2. The van der Waals surface area contributed by atoms with Crippen molar-refractivity contribution in [2.45, 2.75) is 78.3 Å². The summed E-state index contributed by atoms with van der Waals surface area (Å²) in [5, 5.41) is 14.2. The largest absolute Gasteiger partial charge is 0.481 e. The highest BCUT2D eigenvalue weighted by molar-refractivity contribution is 6.33. The lowest BCUT2D eigenvalue weighted by Gasteiger charge is -2.51. The number of aromatic nitrogens is 2. The van der Waals surface area contributed by atoms with Crippen molar-refractivity contribution >= 4 is 40.9 Å². The summed E-state index contributed by atoms with van der Waals surface area (Å²) in [6, 6.07) is 6.46. The van der Waals surface area contributed by atoms with Gasteiger partial charge in [-0.15, -0.1) is 0 Å². The molecule has 212 valence electrons. The van der Waals surface area contributed by atoms with Crippen molar-refractivity contribution < 1.29 is 9.90 Å². The highest BCUT2D eigenvalue weighted by Gasteiger charge is 2.49. The number of likely N-dealkylation sites (tertiary alicyclic amines) is 1. The maximum absolute atomic E-state index is 11.5. The van der Waals surface area contributed by atoms with Crippen molar-refractivity contribution in [1.82, 2.24) is 14.9 Å². The summed E-state index contributed by atoms with van der Waals surface area (Å²) in [7, 11) is 0. The number of benzene rings is 1. The average molecular weight is 575 g/mol. The lowest BCUT2D eigenvalue weighted by Crippen LogP contribution is -2.56. The van der Waals surface area contributed by atoms with Crippen molar-refractivity contribution in [2.75, 3.05) is 36.4 Å². The van der Waals surface area contributed by atoms with Crippen LogP contribution in [0.4, 0.5) is 11.8 Å². The second-order valence-corrected chi connectivity index (χ2v) is 13.1. The number of carboxylic acids is 1. The lowest BCUT2D eigenvalue weighted by molar-refractivity contribution is -0.158. The Labute approximate surface area is 242 Å². The lowest BCUT2D eigenvalue weighted by atomic mass is 9.65. The van der Waals surface area contributed by atoms with E-state index in [1.807, 2.05) is 32.9 Å². The third kappa shape index (κ3) is 6.01. The van der Waals surface area contributed by atoms with Crippen LogP contribution in [0.15, 0.2) is 18.2 Å². The van der Waals surface area contributed by atoms with Crippen LogP contribution in [-0.2, 0) is 4.79 Å². The predicted molar refractivity (Wildman–Crippen MR) is 158 cm³/mol. The molecule has 9 heteroatoms. The molecule has 1 saturated carbocycles. The zero-order valence-corrected chi connectivity index (χ0v) is 25.0. The molecule has 39 heavy (non-hydrogen) atoms. The number of piperidine rings is 2.